The lowest BCUT2D eigenvalue weighted by Gasteiger charge is -2.38. The van der Waals surface area contributed by atoms with E-state index in [0.717, 1.165) is 27.8 Å². The third kappa shape index (κ3) is 5.00. The standard InChI is InChI=1S/C31H37FO3/c1-18(2)23-16-25-28(24(33)17-31(6,7)35-25)26(19-10-14-22(32)15-11-19)27(23)29(34)20-8-12-21(13-9-20)30(3,4)5/h8-16,18,24,29,33-34H,17H2,1-7H3/t24-,29-/m0/s1. The fourth-order valence-corrected chi connectivity index (χ4v) is 5.06. The third-order valence-corrected chi connectivity index (χ3v) is 6.93. The van der Waals surface area contributed by atoms with Crippen LogP contribution in [0.1, 0.15) is 101 Å². The number of rotatable bonds is 4. The van der Waals surface area contributed by atoms with Gasteiger partial charge < -0.3 is 14.9 Å². The van der Waals surface area contributed by atoms with Gasteiger partial charge >= 0.3 is 0 Å². The van der Waals surface area contributed by atoms with E-state index in [2.05, 4.69) is 46.8 Å². The van der Waals surface area contributed by atoms with Crippen LogP contribution in [0.15, 0.2) is 54.6 Å². The van der Waals surface area contributed by atoms with Crippen LogP contribution >= 0.6 is 0 Å². The molecule has 0 aliphatic carbocycles. The van der Waals surface area contributed by atoms with E-state index in [0.29, 0.717) is 17.7 Å². The predicted octanol–water partition coefficient (Wildman–Crippen LogP) is 7.59. The van der Waals surface area contributed by atoms with Gasteiger partial charge in [0.2, 0.25) is 0 Å². The molecular formula is C31H37FO3. The van der Waals surface area contributed by atoms with E-state index in [4.69, 9.17) is 4.74 Å². The Kier molecular flexibility index (Phi) is 6.58. The Bertz CT molecular complexity index is 1200. The zero-order valence-corrected chi connectivity index (χ0v) is 21.8. The number of aliphatic hydroxyl groups excluding tert-OH is 2. The summed E-state index contributed by atoms with van der Waals surface area (Å²) in [5.74, 6) is 0.375. The van der Waals surface area contributed by atoms with E-state index in [9.17, 15) is 14.6 Å². The van der Waals surface area contributed by atoms with E-state index in [1.165, 1.54) is 17.7 Å². The summed E-state index contributed by atoms with van der Waals surface area (Å²) in [5, 5.41) is 23.1. The molecule has 0 unspecified atom stereocenters. The molecule has 2 N–H and O–H groups in total. The molecule has 4 rings (SSSR count). The maximum atomic E-state index is 13.9. The first-order chi connectivity index (χ1) is 16.3. The van der Waals surface area contributed by atoms with E-state index >= 15 is 0 Å². The van der Waals surface area contributed by atoms with Crippen LogP contribution in [0.2, 0.25) is 0 Å². The van der Waals surface area contributed by atoms with Crippen LogP contribution in [0.5, 0.6) is 5.75 Å². The van der Waals surface area contributed by atoms with Crippen molar-refractivity contribution in [2.75, 3.05) is 0 Å². The van der Waals surface area contributed by atoms with Crippen LogP contribution in [-0.4, -0.2) is 15.8 Å². The first-order valence-corrected chi connectivity index (χ1v) is 12.4. The average molecular weight is 477 g/mol. The minimum absolute atomic E-state index is 0.00587. The van der Waals surface area contributed by atoms with Crippen molar-refractivity contribution in [3.8, 4) is 16.9 Å². The Hall–Kier alpha value is -2.69. The lowest BCUT2D eigenvalue weighted by Crippen LogP contribution is -2.35. The largest absolute Gasteiger partial charge is 0.487 e. The smallest absolute Gasteiger partial charge is 0.126 e. The van der Waals surface area contributed by atoms with Crippen molar-refractivity contribution in [2.24, 2.45) is 0 Å². The number of fused-ring (bicyclic) bond motifs is 1. The summed E-state index contributed by atoms with van der Waals surface area (Å²) < 4.78 is 20.2. The van der Waals surface area contributed by atoms with Gasteiger partial charge in [0.25, 0.3) is 0 Å². The van der Waals surface area contributed by atoms with Crippen molar-refractivity contribution in [1.82, 2.24) is 0 Å². The van der Waals surface area contributed by atoms with Crippen molar-refractivity contribution in [2.45, 2.75) is 84.0 Å². The molecule has 1 aliphatic heterocycles. The summed E-state index contributed by atoms with van der Waals surface area (Å²) in [5.41, 5.74) is 5.24. The van der Waals surface area contributed by atoms with Gasteiger partial charge in [0.15, 0.2) is 0 Å². The van der Waals surface area contributed by atoms with E-state index in [-0.39, 0.29) is 17.2 Å². The van der Waals surface area contributed by atoms with Crippen LogP contribution in [0.3, 0.4) is 0 Å². The number of benzene rings is 3. The summed E-state index contributed by atoms with van der Waals surface area (Å²) in [6.07, 6.45) is -1.27. The van der Waals surface area contributed by atoms with Crippen LogP contribution in [-0.2, 0) is 5.41 Å². The third-order valence-electron chi connectivity index (χ3n) is 6.93. The highest BCUT2D eigenvalue weighted by Crippen LogP contribution is 2.50. The summed E-state index contributed by atoms with van der Waals surface area (Å²) in [4.78, 5) is 0. The van der Waals surface area contributed by atoms with Gasteiger partial charge in [0.1, 0.15) is 23.3 Å². The molecule has 0 spiro atoms. The molecule has 0 saturated carbocycles. The number of hydrogen-bond donors (Lipinski definition) is 2. The lowest BCUT2D eigenvalue weighted by molar-refractivity contribution is 0.0117. The Labute approximate surface area is 208 Å². The molecule has 3 aromatic carbocycles. The molecule has 1 heterocycles. The molecule has 186 valence electrons. The first kappa shape index (κ1) is 25.4. The fraction of sp³-hybridized carbons (Fsp3) is 0.419. The van der Waals surface area contributed by atoms with Crippen molar-refractivity contribution >= 4 is 0 Å². The topological polar surface area (TPSA) is 49.7 Å². The van der Waals surface area contributed by atoms with Crippen LogP contribution in [0, 0.1) is 5.82 Å². The zero-order valence-electron chi connectivity index (χ0n) is 21.8. The Morgan fingerprint density at radius 3 is 2.14 bits per heavy atom. The Morgan fingerprint density at radius 1 is 1.00 bits per heavy atom. The second-order valence-electron chi connectivity index (χ2n) is 11.7. The van der Waals surface area contributed by atoms with Gasteiger partial charge in [0.05, 0.1) is 6.10 Å². The SMILES string of the molecule is CC(C)c1cc2c(c(-c3ccc(F)cc3)c1[C@@H](O)c1ccc(C(C)(C)C)cc1)[C@@H](O)CC(C)(C)O2. The fourth-order valence-electron chi connectivity index (χ4n) is 5.06. The van der Waals surface area contributed by atoms with Gasteiger partial charge in [-0.2, -0.15) is 0 Å². The lowest BCUT2D eigenvalue weighted by atomic mass is 9.78. The van der Waals surface area contributed by atoms with Crippen molar-refractivity contribution in [3.63, 3.8) is 0 Å². The molecule has 1 aliphatic rings. The normalized spacial score (nSPS) is 18.2. The molecule has 0 fully saturated rings. The highest BCUT2D eigenvalue weighted by atomic mass is 19.1. The van der Waals surface area contributed by atoms with Gasteiger partial charge in [-0.05, 0) is 76.8 Å². The minimum atomic E-state index is -0.922. The quantitative estimate of drug-likeness (QED) is 0.408. The highest BCUT2D eigenvalue weighted by molar-refractivity contribution is 5.78. The molecule has 2 atom stereocenters. The predicted molar refractivity (Wildman–Crippen MR) is 139 cm³/mol. The first-order valence-electron chi connectivity index (χ1n) is 12.4. The summed E-state index contributed by atoms with van der Waals surface area (Å²) >= 11 is 0. The molecule has 35 heavy (non-hydrogen) atoms. The van der Waals surface area contributed by atoms with Gasteiger partial charge in [-0.15, -0.1) is 0 Å². The van der Waals surface area contributed by atoms with E-state index < -0.39 is 17.8 Å². The Balaban J connectivity index is 2.00. The van der Waals surface area contributed by atoms with Gasteiger partial charge in [-0.25, -0.2) is 4.39 Å². The second-order valence-corrected chi connectivity index (χ2v) is 11.7. The number of aliphatic hydroxyl groups is 2. The summed E-state index contributed by atoms with van der Waals surface area (Å²) in [6, 6.07) is 16.3. The number of ether oxygens (including phenoxy) is 1. The zero-order chi connectivity index (χ0) is 25.7. The molecule has 4 heteroatoms. The maximum absolute atomic E-state index is 13.9. The monoisotopic (exact) mass is 476 g/mol. The molecule has 3 nitrogen and oxygen atoms in total. The number of hydrogen-bond acceptors (Lipinski definition) is 3. The van der Waals surface area contributed by atoms with Crippen LogP contribution in [0.4, 0.5) is 4.39 Å². The second kappa shape index (κ2) is 9.07. The molecule has 0 saturated heterocycles. The van der Waals surface area contributed by atoms with Crippen molar-refractivity contribution in [1.29, 1.82) is 0 Å². The molecule has 0 radical (unpaired) electrons. The molecule has 0 aromatic heterocycles. The Morgan fingerprint density at radius 2 is 1.60 bits per heavy atom. The van der Waals surface area contributed by atoms with Crippen molar-refractivity contribution < 1.29 is 19.3 Å². The maximum Gasteiger partial charge on any atom is 0.126 e. The molecule has 0 amide bonds. The molecule has 3 aromatic rings. The molecule has 0 bridgehead atoms. The van der Waals surface area contributed by atoms with Crippen molar-refractivity contribution in [3.05, 3.63) is 88.2 Å². The van der Waals surface area contributed by atoms with Gasteiger partial charge in [-0.3, -0.25) is 0 Å². The summed E-state index contributed by atoms with van der Waals surface area (Å²) in [6.45, 7) is 14.6. The van der Waals surface area contributed by atoms with Crippen LogP contribution < -0.4 is 4.74 Å². The van der Waals surface area contributed by atoms with Gasteiger partial charge in [0, 0.05) is 12.0 Å². The molecular weight excluding hydrogens is 439 g/mol. The van der Waals surface area contributed by atoms with Gasteiger partial charge in [-0.1, -0.05) is 71.0 Å². The number of halogens is 1. The minimum Gasteiger partial charge on any atom is -0.487 e. The van der Waals surface area contributed by atoms with Crippen LogP contribution in [0.25, 0.3) is 11.1 Å². The van der Waals surface area contributed by atoms with E-state index in [1.54, 1.807) is 12.1 Å². The highest BCUT2D eigenvalue weighted by Gasteiger charge is 2.38. The average Bonchev–Trinajstić information content (AvgIpc) is 2.76. The summed E-state index contributed by atoms with van der Waals surface area (Å²) in [7, 11) is 0. The van der Waals surface area contributed by atoms with E-state index in [1.807, 2.05) is 32.0 Å².